The minimum atomic E-state index is 0.109. The number of nitrogens with one attached hydrogen (secondary N) is 1. The summed E-state index contributed by atoms with van der Waals surface area (Å²) >= 11 is 0. The number of aliphatic hydroxyl groups excluding tert-OH is 1. The Kier molecular flexibility index (Phi) is 3.46. The van der Waals surface area contributed by atoms with E-state index in [0.717, 1.165) is 45.1 Å². The number of rotatable bonds is 4. The Labute approximate surface area is 90.6 Å². The summed E-state index contributed by atoms with van der Waals surface area (Å²) in [5.74, 6) is 0. The van der Waals surface area contributed by atoms with Crippen LogP contribution in [0.1, 0.15) is 38.5 Å². The standard InChI is InChI=1S/C11H20N2O2/c14-8-2-4-10-3-1-7-13(10)11(15)12-9-5-6-9/h9-10,14H,1-8H2,(H,12,15). The van der Waals surface area contributed by atoms with E-state index in [9.17, 15) is 4.79 Å². The Bertz CT molecular complexity index is 229. The molecule has 1 heterocycles. The van der Waals surface area contributed by atoms with E-state index in [2.05, 4.69) is 5.32 Å². The van der Waals surface area contributed by atoms with Gasteiger partial charge in [-0.1, -0.05) is 0 Å². The molecule has 0 radical (unpaired) electrons. The van der Waals surface area contributed by atoms with Crippen molar-refractivity contribution < 1.29 is 9.90 Å². The van der Waals surface area contributed by atoms with Gasteiger partial charge in [0.15, 0.2) is 0 Å². The lowest BCUT2D eigenvalue weighted by atomic mass is 10.1. The molecule has 4 heteroatoms. The maximum absolute atomic E-state index is 11.8. The molecule has 15 heavy (non-hydrogen) atoms. The van der Waals surface area contributed by atoms with Crippen LogP contribution < -0.4 is 5.32 Å². The lowest BCUT2D eigenvalue weighted by molar-refractivity contribution is 0.184. The summed E-state index contributed by atoms with van der Waals surface area (Å²) in [6.07, 6.45) is 6.22. The summed E-state index contributed by atoms with van der Waals surface area (Å²) in [6, 6.07) is 0.908. The van der Waals surface area contributed by atoms with Crippen LogP contribution in [0.25, 0.3) is 0 Å². The predicted molar refractivity (Wildman–Crippen MR) is 57.6 cm³/mol. The molecule has 0 aromatic heterocycles. The summed E-state index contributed by atoms with van der Waals surface area (Å²) in [6.45, 7) is 1.11. The molecule has 0 aromatic carbocycles. The Morgan fingerprint density at radius 3 is 2.87 bits per heavy atom. The normalized spacial score (nSPS) is 25.7. The molecule has 0 spiro atoms. The zero-order valence-electron chi connectivity index (χ0n) is 9.11. The summed E-state index contributed by atoms with van der Waals surface area (Å²) in [5, 5.41) is 11.8. The molecule has 2 amide bonds. The van der Waals surface area contributed by atoms with Crippen LogP contribution in [0.4, 0.5) is 4.79 Å². The van der Waals surface area contributed by atoms with Gasteiger partial charge in [-0.15, -0.1) is 0 Å². The number of carbonyl (C=O) groups is 1. The second-order valence-corrected chi connectivity index (χ2v) is 4.58. The number of amides is 2. The Morgan fingerprint density at radius 2 is 2.20 bits per heavy atom. The molecule has 2 aliphatic rings. The quantitative estimate of drug-likeness (QED) is 0.733. The monoisotopic (exact) mass is 212 g/mol. The minimum Gasteiger partial charge on any atom is -0.396 e. The second-order valence-electron chi connectivity index (χ2n) is 4.58. The van der Waals surface area contributed by atoms with Gasteiger partial charge in [-0.05, 0) is 38.5 Å². The van der Waals surface area contributed by atoms with Crippen molar-refractivity contribution in [3.8, 4) is 0 Å². The fourth-order valence-electron chi connectivity index (χ4n) is 2.22. The van der Waals surface area contributed by atoms with Gasteiger partial charge < -0.3 is 15.3 Å². The second kappa shape index (κ2) is 4.84. The third-order valence-electron chi connectivity index (χ3n) is 3.24. The number of urea groups is 1. The van der Waals surface area contributed by atoms with Crippen LogP contribution in [0.3, 0.4) is 0 Å². The van der Waals surface area contributed by atoms with Gasteiger partial charge in [-0.25, -0.2) is 4.79 Å². The molecule has 1 aliphatic heterocycles. The maximum atomic E-state index is 11.8. The molecule has 2 fully saturated rings. The first-order valence-corrected chi connectivity index (χ1v) is 5.99. The Balaban J connectivity index is 1.79. The van der Waals surface area contributed by atoms with Gasteiger partial charge in [0.2, 0.25) is 0 Å². The topological polar surface area (TPSA) is 52.6 Å². The van der Waals surface area contributed by atoms with Crippen molar-refractivity contribution in [2.24, 2.45) is 0 Å². The molecule has 2 N–H and O–H groups in total. The van der Waals surface area contributed by atoms with Crippen molar-refractivity contribution in [1.82, 2.24) is 10.2 Å². The van der Waals surface area contributed by atoms with Crippen LogP contribution in [-0.4, -0.2) is 41.3 Å². The lowest BCUT2D eigenvalue weighted by Crippen LogP contribution is -2.43. The highest BCUT2D eigenvalue weighted by Crippen LogP contribution is 2.24. The first-order chi connectivity index (χ1) is 7.31. The fourth-order valence-corrected chi connectivity index (χ4v) is 2.22. The molecule has 1 saturated heterocycles. The van der Waals surface area contributed by atoms with Gasteiger partial charge in [0, 0.05) is 25.2 Å². The molecule has 2 rings (SSSR count). The van der Waals surface area contributed by atoms with E-state index < -0.39 is 0 Å². The average Bonchev–Trinajstić information content (AvgIpc) is 2.91. The van der Waals surface area contributed by atoms with Crippen molar-refractivity contribution >= 4 is 6.03 Å². The molecule has 0 aromatic rings. The summed E-state index contributed by atoms with van der Waals surface area (Å²) in [7, 11) is 0. The van der Waals surface area contributed by atoms with Gasteiger partial charge in [0.05, 0.1) is 0 Å². The van der Waals surface area contributed by atoms with Crippen LogP contribution in [-0.2, 0) is 0 Å². The van der Waals surface area contributed by atoms with Crippen LogP contribution in [0.2, 0.25) is 0 Å². The van der Waals surface area contributed by atoms with Gasteiger partial charge >= 0.3 is 6.03 Å². The molecule has 1 saturated carbocycles. The van der Waals surface area contributed by atoms with E-state index in [4.69, 9.17) is 5.11 Å². The van der Waals surface area contributed by atoms with Crippen molar-refractivity contribution in [1.29, 1.82) is 0 Å². The van der Waals surface area contributed by atoms with Crippen LogP contribution in [0.5, 0.6) is 0 Å². The fraction of sp³-hybridized carbons (Fsp3) is 0.909. The van der Waals surface area contributed by atoms with E-state index >= 15 is 0 Å². The Morgan fingerprint density at radius 1 is 1.40 bits per heavy atom. The SMILES string of the molecule is O=C(NC1CC1)N1CCCC1CCCO. The molecular weight excluding hydrogens is 192 g/mol. The number of aliphatic hydroxyl groups is 1. The Hall–Kier alpha value is -0.770. The highest BCUT2D eigenvalue weighted by molar-refractivity contribution is 5.75. The smallest absolute Gasteiger partial charge is 0.317 e. The minimum absolute atomic E-state index is 0.109. The summed E-state index contributed by atoms with van der Waals surface area (Å²) < 4.78 is 0. The molecule has 4 nitrogen and oxygen atoms in total. The van der Waals surface area contributed by atoms with Crippen LogP contribution >= 0.6 is 0 Å². The third-order valence-corrected chi connectivity index (χ3v) is 3.24. The molecule has 86 valence electrons. The van der Waals surface area contributed by atoms with E-state index in [1.807, 2.05) is 4.90 Å². The predicted octanol–water partition coefficient (Wildman–Crippen LogP) is 1.10. The van der Waals surface area contributed by atoms with Crippen LogP contribution in [0, 0.1) is 0 Å². The first-order valence-electron chi connectivity index (χ1n) is 5.99. The van der Waals surface area contributed by atoms with Crippen LogP contribution in [0.15, 0.2) is 0 Å². The van der Waals surface area contributed by atoms with Crippen molar-refractivity contribution in [3.63, 3.8) is 0 Å². The summed E-state index contributed by atoms with van der Waals surface area (Å²) in [4.78, 5) is 13.8. The van der Waals surface area contributed by atoms with E-state index in [1.54, 1.807) is 0 Å². The molecule has 1 unspecified atom stereocenters. The van der Waals surface area contributed by atoms with Gasteiger partial charge in [0.25, 0.3) is 0 Å². The first kappa shape index (κ1) is 10.7. The van der Waals surface area contributed by atoms with Gasteiger partial charge in [-0.3, -0.25) is 0 Å². The maximum Gasteiger partial charge on any atom is 0.317 e. The average molecular weight is 212 g/mol. The number of hydrogen-bond donors (Lipinski definition) is 2. The largest absolute Gasteiger partial charge is 0.396 e. The molecule has 1 atom stereocenters. The zero-order chi connectivity index (χ0) is 10.7. The highest BCUT2D eigenvalue weighted by atomic mass is 16.3. The molecular formula is C11H20N2O2. The molecule has 0 bridgehead atoms. The highest BCUT2D eigenvalue weighted by Gasteiger charge is 2.31. The van der Waals surface area contributed by atoms with E-state index in [1.165, 1.54) is 0 Å². The van der Waals surface area contributed by atoms with E-state index in [-0.39, 0.29) is 12.6 Å². The van der Waals surface area contributed by atoms with E-state index in [0.29, 0.717) is 12.1 Å². The zero-order valence-corrected chi connectivity index (χ0v) is 9.11. The number of carbonyl (C=O) groups excluding carboxylic acids is 1. The van der Waals surface area contributed by atoms with Crippen molar-refractivity contribution in [2.75, 3.05) is 13.2 Å². The number of likely N-dealkylation sites (tertiary alicyclic amines) is 1. The third kappa shape index (κ3) is 2.84. The van der Waals surface area contributed by atoms with Crippen molar-refractivity contribution in [2.45, 2.75) is 50.6 Å². The van der Waals surface area contributed by atoms with Crippen molar-refractivity contribution in [3.05, 3.63) is 0 Å². The lowest BCUT2D eigenvalue weighted by Gasteiger charge is -2.24. The number of nitrogens with zero attached hydrogens (tertiary/aromatic N) is 1. The number of hydrogen-bond acceptors (Lipinski definition) is 2. The van der Waals surface area contributed by atoms with Gasteiger partial charge in [-0.2, -0.15) is 0 Å². The summed E-state index contributed by atoms with van der Waals surface area (Å²) in [5.41, 5.74) is 0. The molecule has 1 aliphatic carbocycles. The van der Waals surface area contributed by atoms with Gasteiger partial charge in [0.1, 0.15) is 0 Å².